The van der Waals surface area contributed by atoms with Crippen molar-refractivity contribution in [2.75, 3.05) is 26.2 Å². The number of ether oxygens (including phenoxy) is 1. The average molecular weight is 345 g/mol. The molecule has 1 atom stereocenters. The van der Waals surface area contributed by atoms with Gasteiger partial charge in [0.1, 0.15) is 18.5 Å². The molecule has 0 bridgehead atoms. The molecular weight excluding hydrogens is 318 g/mol. The highest BCUT2D eigenvalue weighted by Gasteiger charge is 2.25. The van der Waals surface area contributed by atoms with Crippen molar-refractivity contribution in [3.05, 3.63) is 41.0 Å². The monoisotopic (exact) mass is 345 g/mol. The molecule has 136 valence electrons. The number of rotatable bonds is 6. The fourth-order valence-corrected chi connectivity index (χ4v) is 3.34. The Morgan fingerprint density at radius 1 is 1.28 bits per heavy atom. The normalized spacial score (nSPS) is 17.6. The van der Waals surface area contributed by atoms with Crippen LogP contribution in [0.1, 0.15) is 41.6 Å². The van der Waals surface area contributed by atoms with E-state index in [-0.39, 0.29) is 0 Å². The van der Waals surface area contributed by atoms with Crippen LogP contribution in [0.15, 0.2) is 22.7 Å². The molecule has 1 aliphatic rings. The second-order valence-electron chi connectivity index (χ2n) is 6.99. The Morgan fingerprint density at radius 3 is 2.68 bits per heavy atom. The SMILES string of the molecule is Cc1ccc(OCC(O)CN2CCC(c3nc(C)no3)CC2)c(C)c1. The van der Waals surface area contributed by atoms with Crippen molar-refractivity contribution < 1.29 is 14.4 Å². The smallest absolute Gasteiger partial charge is 0.229 e. The first-order valence-corrected chi connectivity index (χ1v) is 8.92. The van der Waals surface area contributed by atoms with Gasteiger partial charge < -0.3 is 19.3 Å². The number of hydrogen-bond acceptors (Lipinski definition) is 6. The maximum Gasteiger partial charge on any atom is 0.229 e. The molecule has 1 aromatic heterocycles. The van der Waals surface area contributed by atoms with Gasteiger partial charge in [-0.2, -0.15) is 4.98 Å². The number of likely N-dealkylation sites (tertiary alicyclic amines) is 1. The van der Waals surface area contributed by atoms with Gasteiger partial charge in [-0.25, -0.2) is 0 Å². The third-order valence-corrected chi connectivity index (χ3v) is 4.71. The van der Waals surface area contributed by atoms with Gasteiger partial charge in [0.25, 0.3) is 0 Å². The molecule has 6 heteroatoms. The first kappa shape index (κ1) is 17.9. The van der Waals surface area contributed by atoms with Crippen molar-refractivity contribution >= 4 is 0 Å². The number of nitrogens with zero attached hydrogens (tertiary/aromatic N) is 3. The van der Waals surface area contributed by atoms with Crippen molar-refractivity contribution in [1.82, 2.24) is 15.0 Å². The van der Waals surface area contributed by atoms with Crippen LogP contribution in [0.2, 0.25) is 0 Å². The van der Waals surface area contributed by atoms with E-state index in [1.165, 1.54) is 5.56 Å². The molecule has 25 heavy (non-hydrogen) atoms. The van der Waals surface area contributed by atoms with E-state index < -0.39 is 6.10 Å². The third kappa shape index (κ3) is 4.80. The molecule has 2 aromatic rings. The van der Waals surface area contributed by atoms with E-state index >= 15 is 0 Å². The van der Waals surface area contributed by atoms with Crippen LogP contribution in [0, 0.1) is 20.8 Å². The Labute approximate surface area is 148 Å². The van der Waals surface area contributed by atoms with Gasteiger partial charge in [0.05, 0.1) is 0 Å². The highest BCUT2D eigenvalue weighted by atomic mass is 16.5. The first-order valence-electron chi connectivity index (χ1n) is 8.92. The molecule has 0 spiro atoms. The number of piperidine rings is 1. The molecule has 1 unspecified atom stereocenters. The lowest BCUT2D eigenvalue weighted by molar-refractivity contribution is 0.0577. The third-order valence-electron chi connectivity index (χ3n) is 4.71. The second-order valence-corrected chi connectivity index (χ2v) is 6.99. The standard InChI is InChI=1S/C19H27N3O3/c1-13-4-5-18(14(2)10-13)24-12-17(23)11-22-8-6-16(7-9-22)19-20-15(3)21-25-19/h4-5,10,16-17,23H,6-9,11-12H2,1-3H3. The van der Waals surface area contributed by atoms with Crippen LogP contribution in [0.5, 0.6) is 5.75 Å². The molecule has 0 amide bonds. The molecule has 0 radical (unpaired) electrons. The van der Waals surface area contributed by atoms with Gasteiger partial charge in [-0.1, -0.05) is 22.9 Å². The van der Waals surface area contributed by atoms with E-state index in [1.807, 2.05) is 26.0 Å². The maximum atomic E-state index is 10.3. The number of aliphatic hydroxyl groups excluding tert-OH is 1. The van der Waals surface area contributed by atoms with E-state index in [1.54, 1.807) is 0 Å². The van der Waals surface area contributed by atoms with E-state index in [4.69, 9.17) is 9.26 Å². The molecule has 1 fully saturated rings. The van der Waals surface area contributed by atoms with E-state index in [9.17, 15) is 5.11 Å². The van der Waals surface area contributed by atoms with Crippen molar-refractivity contribution in [2.45, 2.75) is 45.6 Å². The predicted octanol–water partition coefficient (Wildman–Crippen LogP) is 2.61. The fourth-order valence-electron chi connectivity index (χ4n) is 3.34. The van der Waals surface area contributed by atoms with Gasteiger partial charge in [0.15, 0.2) is 5.82 Å². The van der Waals surface area contributed by atoms with Crippen LogP contribution in [-0.4, -0.2) is 52.5 Å². The molecule has 1 aliphatic heterocycles. The minimum absolute atomic E-state index is 0.312. The number of β-amino-alcohol motifs (C(OH)–C–C–N with tert-alkyl or cyclic N) is 1. The largest absolute Gasteiger partial charge is 0.491 e. The molecule has 1 saturated heterocycles. The highest BCUT2D eigenvalue weighted by molar-refractivity contribution is 5.35. The fraction of sp³-hybridized carbons (Fsp3) is 0.579. The summed E-state index contributed by atoms with van der Waals surface area (Å²) in [6.07, 6.45) is 1.46. The zero-order valence-corrected chi connectivity index (χ0v) is 15.2. The number of aryl methyl sites for hydroxylation is 3. The number of aliphatic hydroxyl groups is 1. The quantitative estimate of drug-likeness (QED) is 0.868. The number of hydrogen-bond donors (Lipinski definition) is 1. The van der Waals surface area contributed by atoms with Gasteiger partial charge in [0, 0.05) is 12.5 Å². The Hall–Kier alpha value is -1.92. The summed E-state index contributed by atoms with van der Waals surface area (Å²) in [5.41, 5.74) is 2.31. The summed E-state index contributed by atoms with van der Waals surface area (Å²) in [7, 11) is 0. The summed E-state index contributed by atoms with van der Waals surface area (Å²) < 4.78 is 11.1. The molecule has 2 heterocycles. The molecule has 1 aromatic carbocycles. The predicted molar refractivity (Wildman–Crippen MR) is 94.9 cm³/mol. The zero-order valence-electron chi connectivity index (χ0n) is 15.2. The van der Waals surface area contributed by atoms with Gasteiger partial charge in [-0.3, -0.25) is 0 Å². The number of aromatic nitrogens is 2. The summed E-state index contributed by atoms with van der Waals surface area (Å²) in [5, 5.41) is 14.2. The van der Waals surface area contributed by atoms with Gasteiger partial charge >= 0.3 is 0 Å². The van der Waals surface area contributed by atoms with E-state index in [0.29, 0.717) is 24.9 Å². The lowest BCUT2D eigenvalue weighted by Gasteiger charge is -2.31. The minimum atomic E-state index is -0.497. The lowest BCUT2D eigenvalue weighted by atomic mass is 9.96. The van der Waals surface area contributed by atoms with Crippen LogP contribution >= 0.6 is 0 Å². The Balaban J connectivity index is 1.42. The zero-order chi connectivity index (χ0) is 17.8. The van der Waals surface area contributed by atoms with Crippen LogP contribution in [-0.2, 0) is 0 Å². The molecule has 0 saturated carbocycles. The minimum Gasteiger partial charge on any atom is -0.491 e. The molecule has 3 rings (SSSR count). The Kier molecular flexibility index (Phi) is 5.71. The maximum absolute atomic E-state index is 10.3. The summed E-state index contributed by atoms with van der Waals surface area (Å²) in [6.45, 7) is 8.71. The molecule has 0 aliphatic carbocycles. The number of benzene rings is 1. The first-order chi connectivity index (χ1) is 12.0. The molecule has 6 nitrogen and oxygen atoms in total. The summed E-state index contributed by atoms with van der Waals surface area (Å²) in [5.74, 6) is 2.61. The topological polar surface area (TPSA) is 71.6 Å². The van der Waals surface area contributed by atoms with E-state index in [2.05, 4.69) is 28.0 Å². The van der Waals surface area contributed by atoms with Crippen molar-refractivity contribution in [3.63, 3.8) is 0 Å². The van der Waals surface area contributed by atoms with Crippen LogP contribution in [0.25, 0.3) is 0 Å². The highest BCUT2D eigenvalue weighted by Crippen LogP contribution is 2.26. The average Bonchev–Trinajstić information content (AvgIpc) is 3.01. The molecular formula is C19H27N3O3. The summed E-state index contributed by atoms with van der Waals surface area (Å²) in [4.78, 5) is 6.61. The van der Waals surface area contributed by atoms with Crippen LogP contribution < -0.4 is 4.74 Å². The van der Waals surface area contributed by atoms with Crippen molar-refractivity contribution in [2.24, 2.45) is 0 Å². The van der Waals surface area contributed by atoms with Gasteiger partial charge in [-0.15, -0.1) is 0 Å². The lowest BCUT2D eigenvalue weighted by Crippen LogP contribution is -2.40. The van der Waals surface area contributed by atoms with Crippen LogP contribution in [0.4, 0.5) is 0 Å². The Morgan fingerprint density at radius 2 is 2.04 bits per heavy atom. The van der Waals surface area contributed by atoms with Gasteiger partial charge in [-0.05, 0) is 58.3 Å². The van der Waals surface area contributed by atoms with Gasteiger partial charge in [0.2, 0.25) is 5.89 Å². The molecule has 1 N–H and O–H groups in total. The van der Waals surface area contributed by atoms with E-state index in [0.717, 1.165) is 43.1 Å². The Bertz CT molecular complexity index is 693. The van der Waals surface area contributed by atoms with Crippen molar-refractivity contribution in [3.8, 4) is 5.75 Å². The summed E-state index contributed by atoms with van der Waals surface area (Å²) in [6, 6.07) is 6.08. The van der Waals surface area contributed by atoms with Crippen molar-refractivity contribution in [1.29, 1.82) is 0 Å². The summed E-state index contributed by atoms with van der Waals surface area (Å²) >= 11 is 0. The second kappa shape index (κ2) is 7.97. The van der Waals surface area contributed by atoms with Crippen LogP contribution in [0.3, 0.4) is 0 Å².